The molecule has 1 aliphatic rings. The highest BCUT2D eigenvalue weighted by Gasteiger charge is 2.26. The maximum Gasteiger partial charge on any atom is 0.0604 e. The number of hydrogen-bond acceptors (Lipinski definition) is 2. The second kappa shape index (κ2) is 8.52. The van der Waals surface area contributed by atoms with Crippen molar-refractivity contribution >= 4 is 34.0 Å². The van der Waals surface area contributed by atoms with Crippen LogP contribution in [0.2, 0.25) is 10.0 Å². The van der Waals surface area contributed by atoms with Crippen LogP contribution in [0.1, 0.15) is 39.0 Å². The molecule has 0 aliphatic heterocycles. The summed E-state index contributed by atoms with van der Waals surface area (Å²) in [4.78, 5) is 0.778. The zero-order valence-electron chi connectivity index (χ0n) is 12.4. The SMILES string of the molecule is CCCNC1CCCC1CCS(=O)c1ccc(Cl)c(Cl)c1. The fraction of sp³-hybridized carbons (Fsp3) is 0.625. The monoisotopic (exact) mass is 347 g/mol. The van der Waals surface area contributed by atoms with E-state index in [2.05, 4.69) is 12.2 Å². The number of rotatable bonds is 7. The van der Waals surface area contributed by atoms with Crippen molar-refractivity contribution in [2.24, 2.45) is 5.92 Å². The van der Waals surface area contributed by atoms with Crippen molar-refractivity contribution in [3.8, 4) is 0 Å². The molecule has 3 atom stereocenters. The lowest BCUT2D eigenvalue weighted by molar-refractivity contribution is 0.393. The van der Waals surface area contributed by atoms with Gasteiger partial charge in [-0.1, -0.05) is 36.5 Å². The Bertz CT molecular complexity index is 495. The van der Waals surface area contributed by atoms with Crippen molar-refractivity contribution in [3.05, 3.63) is 28.2 Å². The molecule has 1 fully saturated rings. The van der Waals surface area contributed by atoms with Gasteiger partial charge in [-0.15, -0.1) is 0 Å². The summed E-state index contributed by atoms with van der Waals surface area (Å²) in [5.41, 5.74) is 0. The predicted octanol–water partition coefficient (Wildman–Crippen LogP) is 4.66. The van der Waals surface area contributed by atoms with E-state index in [1.165, 1.54) is 25.7 Å². The van der Waals surface area contributed by atoms with E-state index in [0.717, 1.165) is 17.9 Å². The average molecular weight is 348 g/mol. The summed E-state index contributed by atoms with van der Waals surface area (Å²) in [5.74, 6) is 1.36. The highest BCUT2D eigenvalue weighted by Crippen LogP contribution is 2.30. The van der Waals surface area contributed by atoms with Crippen LogP contribution in [0.15, 0.2) is 23.1 Å². The van der Waals surface area contributed by atoms with E-state index >= 15 is 0 Å². The largest absolute Gasteiger partial charge is 0.314 e. The van der Waals surface area contributed by atoms with Gasteiger partial charge in [0, 0.05) is 16.7 Å². The van der Waals surface area contributed by atoms with Gasteiger partial charge in [0.05, 0.1) is 20.8 Å². The quantitative estimate of drug-likeness (QED) is 0.776. The lowest BCUT2D eigenvalue weighted by atomic mass is 10.0. The van der Waals surface area contributed by atoms with Crippen molar-refractivity contribution in [2.75, 3.05) is 12.3 Å². The molecule has 5 heteroatoms. The van der Waals surface area contributed by atoms with E-state index in [1.807, 2.05) is 6.07 Å². The van der Waals surface area contributed by atoms with Crippen LogP contribution in [0.3, 0.4) is 0 Å². The Kier molecular flexibility index (Phi) is 7.00. The third kappa shape index (κ3) is 4.95. The minimum Gasteiger partial charge on any atom is -0.314 e. The van der Waals surface area contributed by atoms with Crippen LogP contribution in [0.5, 0.6) is 0 Å². The lowest BCUT2D eigenvalue weighted by Crippen LogP contribution is -2.33. The molecule has 1 saturated carbocycles. The van der Waals surface area contributed by atoms with Gasteiger partial charge in [0.1, 0.15) is 0 Å². The molecule has 1 aromatic carbocycles. The van der Waals surface area contributed by atoms with Gasteiger partial charge in [0.2, 0.25) is 0 Å². The second-order valence-corrected chi connectivity index (χ2v) is 8.05. The Balaban J connectivity index is 1.86. The summed E-state index contributed by atoms with van der Waals surface area (Å²) in [7, 11) is -0.989. The van der Waals surface area contributed by atoms with Crippen molar-refractivity contribution in [2.45, 2.75) is 50.0 Å². The predicted molar refractivity (Wildman–Crippen MR) is 91.8 cm³/mol. The Hall–Kier alpha value is -0.0900. The molecule has 21 heavy (non-hydrogen) atoms. The van der Waals surface area contributed by atoms with Gasteiger partial charge in [-0.25, -0.2) is 0 Å². The van der Waals surface area contributed by atoms with Gasteiger partial charge in [0.25, 0.3) is 0 Å². The summed E-state index contributed by atoms with van der Waals surface area (Å²) in [6.45, 7) is 3.27. The molecule has 2 nitrogen and oxygen atoms in total. The van der Waals surface area contributed by atoms with Crippen molar-refractivity contribution in [3.63, 3.8) is 0 Å². The smallest absolute Gasteiger partial charge is 0.0604 e. The standard InChI is InChI=1S/C16H23Cl2NOS/c1-2-9-19-16-5-3-4-12(16)8-10-21(20)13-6-7-14(17)15(18)11-13/h6-7,11-12,16,19H,2-5,8-10H2,1H3. The maximum atomic E-state index is 12.4. The van der Waals surface area contributed by atoms with Crippen LogP contribution in [-0.2, 0) is 10.8 Å². The molecule has 118 valence electrons. The number of hydrogen-bond donors (Lipinski definition) is 1. The van der Waals surface area contributed by atoms with Crippen LogP contribution in [0.25, 0.3) is 0 Å². The number of halogens is 2. The molecule has 1 N–H and O–H groups in total. The van der Waals surface area contributed by atoms with Crippen LogP contribution in [0, 0.1) is 5.92 Å². The molecule has 0 aromatic heterocycles. The van der Waals surface area contributed by atoms with E-state index < -0.39 is 10.8 Å². The molecule has 0 saturated heterocycles. The van der Waals surface area contributed by atoms with Crippen LogP contribution < -0.4 is 5.32 Å². The van der Waals surface area contributed by atoms with Crippen molar-refractivity contribution in [1.82, 2.24) is 5.32 Å². The van der Waals surface area contributed by atoms with Crippen molar-refractivity contribution < 1.29 is 4.21 Å². The molecule has 1 aromatic rings. The molecule has 2 rings (SSSR count). The fourth-order valence-electron chi connectivity index (χ4n) is 2.98. The second-order valence-electron chi connectivity index (χ2n) is 5.67. The van der Waals surface area contributed by atoms with Gasteiger partial charge in [-0.2, -0.15) is 0 Å². The van der Waals surface area contributed by atoms with Gasteiger partial charge in [0.15, 0.2) is 0 Å². The van der Waals surface area contributed by atoms with Crippen LogP contribution in [-0.4, -0.2) is 22.5 Å². The zero-order chi connectivity index (χ0) is 15.2. The van der Waals surface area contributed by atoms with Crippen LogP contribution in [0.4, 0.5) is 0 Å². The first-order valence-corrected chi connectivity index (χ1v) is 9.76. The molecule has 3 unspecified atom stereocenters. The lowest BCUT2D eigenvalue weighted by Gasteiger charge is -2.20. The molecule has 0 amide bonds. The van der Waals surface area contributed by atoms with E-state index in [-0.39, 0.29) is 0 Å². The highest BCUT2D eigenvalue weighted by molar-refractivity contribution is 7.85. The zero-order valence-corrected chi connectivity index (χ0v) is 14.7. The van der Waals surface area contributed by atoms with E-state index in [4.69, 9.17) is 23.2 Å². The van der Waals surface area contributed by atoms with Gasteiger partial charge < -0.3 is 5.32 Å². The normalized spacial score (nSPS) is 23.4. The Morgan fingerprint density at radius 3 is 2.81 bits per heavy atom. The fourth-order valence-corrected chi connectivity index (χ4v) is 4.56. The average Bonchev–Trinajstić information content (AvgIpc) is 2.92. The first-order chi connectivity index (χ1) is 10.1. The first kappa shape index (κ1) is 17.3. The maximum absolute atomic E-state index is 12.4. The Morgan fingerprint density at radius 2 is 2.10 bits per heavy atom. The third-order valence-corrected chi connectivity index (χ3v) is 6.27. The summed E-state index contributed by atoms with van der Waals surface area (Å²) < 4.78 is 12.4. The molecule has 1 aliphatic carbocycles. The minimum atomic E-state index is -0.989. The van der Waals surface area contributed by atoms with Gasteiger partial charge in [-0.3, -0.25) is 4.21 Å². The Morgan fingerprint density at radius 1 is 1.29 bits per heavy atom. The van der Waals surface area contributed by atoms with E-state index in [9.17, 15) is 4.21 Å². The van der Waals surface area contributed by atoms with E-state index in [0.29, 0.717) is 27.8 Å². The summed E-state index contributed by atoms with van der Waals surface area (Å²) in [5, 5.41) is 4.61. The molecule has 0 spiro atoms. The van der Waals surface area contributed by atoms with Crippen LogP contribution >= 0.6 is 23.2 Å². The summed E-state index contributed by atoms with van der Waals surface area (Å²) >= 11 is 11.9. The van der Waals surface area contributed by atoms with Crippen molar-refractivity contribution in [1.29, 1.82) is 0 Å². The molecular formula is C16H23Cl2NOS. The molecule has 0 radical (unpaired) electrons. The number of benzene rings is 1. The topological polar surface area (TPSA) is 29.1 Å². The molecule has 0 heterocycles. The summed E-state index contributed by atoms with van der Waals surface area (Å²) in [6.07, 6.45) is 5.96. The van der Waals surface area contributed by atoms with E-state index in [1.54, 1.807) is 12.1 Å². The first-order valence-electron chi connectivity index (χ1n) is 7.68. The number of nitrogens with one attached hydrogen (secondary N) is 1. The molecular weight excluding hydrogens is 325 g/mol. The summed E-state index contributed by atoms with van der Waals surface area (Å²) in [6, 6.07) is 5.86. The van der Waals surface area contributed by atoms with Gasteiger partial charge >= 0.3 is 0 Å². The molecule has 0 bridgehead atoms. The third-order valence-electron chi connectivity index (χ3n) is 4.14. The van der Waals surface area contributed by atoms with Gasteiger partial charge in [-0.05, 0) is 56.3 Å². The Labute approximate surface area is 140 Å². The highest BCUT2D eigenvalue weighted by atomic mass is 35.5. The minimum absolute atomic E-state index is 0.478.